The average Bonchev–Trinajstić information content (AvgIpc) is 2.65. The van der Waals surface area contributed by atoms with Crippen LogP contribution in [0.4, 0.5) is 0 Å². The van der Waals surface area contributed by atoms with Gasteiger partial charge in [-0.1, -0.05) is 13.8 Å². The highest BCUT2D eigenvalue weighted by atomic mass is 32.2. The third kappa shape index (κ3) is 11.0. The van der Waals surface area contributed by atoms with Crippen LogP contribution < -0.4 is 21.7 Å². The Morgan fingerprint density at radius 3 is 1.86 bits per heavy atom. The van der Waals surface area contributed by atoms with Crippen LogP contribution in [0.2, 0.25) is 0 Å². The van der Waals surface area contributed by atoms with Crippen LogP contribution in [0.1, 0.15) is 26.7 Å². The molecule has 4 atom stereocenters. The summed E-state index contributed by atoms with van der Waals surface area (Å²) < 4.78 is 0. The summed E-state index contributed by atoms with van der Waals surface area (Å²) in [4.78, 5) is 48.3. The van der Waals surface area contributed by atoms with Gasteiger partial charge in [-0.2, -0.15) is 37.0 Å². The average molecular weight is 469 g/mol. The Morgan fingerprint density at radius 2 is 1.41 bits per heavy atom. The Kier molecular flexibility index (Phi) is 14.2. The summed E-state index contributed by atoms with van der Waals surface area (Å²) in [6, 6.07) is -3.87. The van der Waals surface area contributed by atoms with Crippen LogP contribution >= 0.6 is 37.0 Å². The molecule has 0 aliphatic rings. The number of carbonyl (C=O) groups is 4. The van der Waals surface area contributed by atoms with Crippen molar-refractivity contribution >= 4 is 60.7 Å². The molecule has 0 bridgehead atoms. The fraction of sp³-hybridized carbons (Fsp3) is 0.765. The number of nitrogens with two attached hydrogens (primary N) is 1. The van der Waals surface area contributed by atoms with Gasteiger partial charge in [-0.15, -0.1) is 0 Å². The van der Waals surface area contributed by atoms with E-state index >= 15 is 0 Å². The Balaban J connectivity index is 5.10. The molecule has 12 heteroatoms. The first-order chi connectivity index (χ1) is 13.6. The maximum Gasteiger partial charge on any atom is 0.327 e. The molecule has 4 unspecified atom stereocenters. The first-order valence-electron chi connectivity index (χ1n) is 9.17. The van der Waals surface area contributed by atoms with Crippen molar-refractivity contribution in [1.82, 2.24) is 16.0 Å². The Labute approximate surface area is 186 Å². The van der Waals surface area contributed by atoms with Gasteiger partial charge < -0.3 is 26.8 Å². The van der Waals surface area contributed by atoms with E-state index in [0.29, 0.717) is 18.6 Å². The summed E-state index contributed by atoms with van der Waals surface area (Å²) in [7, 11) is 0. The lowest BCUT2D eigenvalue weighted by atomic mass is 10.0. The smallest absolute Gasteiger partial charge is 0.327 e. The number of rotatable bonds is 14. The second kappa shape index (κ2) is 14.8. The van der Waals surface area contributed by atoms with E-state index in [9.17, 15) is 19.2 Å². The molecule has 0 aliphatic carbocycles. The van der Waals surface area contributed by atoms with Crippen LogP contribution in [0.15, 0.2) is 0 Å². The molecule has 0 heterocycles. The van der Waals surface area contributed by atoms with Crippen LogP contribution in [0, 0.1) is 5.92 Å². The Morgan fingerprint density at radius 1 is 0.931 bits per heavy atom. The summed E-state index contributed by atoms with van der Waals surface area (Å²) in [5.74, 6) is -2.25. The predicted octanol–water partition coefficient (Wildman–Crippen LogP) is -0.488. The molecule has 0 spiro atoms. The molecule has 0 aromatic heterocycles. The van der Waals surface area contributed by atoms with Crippen LogP contribution in [-0.4, -0.2) is 76.5 Å². The lowest BCUT2D eigenvalue weighted by molar-refractivity contribution is -0.141. The molecule has 29 heavy (non-hydrogen) atoms. The second-order valence-corrected chi connectivity index (χ2v) is 8.62. The van der Waals surface area contributed by atoms with E-state index in [1.54, 1.807) is 0 Å². The largest absolute Gasteiger partial charge is 0.480 e. The number of thiol groups is 2. The summed E-state index contributed by atoms with van der Waals surface area (Å²) in [5.41, 5.74) is 5.88. The van der Waals surface area contributed by atoms with E-state index in [0.717, 1.165) is 0 Å². The molecular weight excluding hydrogens is 436 g/mol. The fourth-order valence-electron chi connectivity index (χ4n) is 2.32. The lowest BCUT2D eigenvalue weighted by Gasteiger charge is -2.24. The van der Waals surface area contributed by atoms with Gasteiger partial charge in [-0.3, -0.25) is 14.4 Å². The van der Waals surface area contributed by atoms with Gasteiger partial charge in [0, 0.05) is 11.5 Å². The number of carboxylic acid groups (broad SMARTS) is 1. The van der Waals surface area contributed by atoms with E-state index in [1.165, 1.54) is 11.8 Å². The number of carboxylic acids is 1. The second-order valence-electron chi connectivity index (χ2n) is 6.90. The molecule has 0 aromatic rings. The highest BCUT2D eigenvalue weighted by Crippen LogP contribution is 2.06. The monoisotopic (exact) mass is 468 g/mol. The van der Waals surface area contributed by atoms with E-state index in [1.807, 2.05) is 20.1 Å². The molecule has 3 amide bonds. The molecule has 0 radical (unpaired) electrons. The number of nitrogens with one attached hydrogen (secondary N) is 3. The summed E-state index contributed by atoms with van der Waals surface area (Å²) in [6.07, 6.45) is 2.70. The number of aliphatic carboxylic acids is 1. The summed E-state index contributed by atoms with van der Waals surface area (Å²) >= 11 is 9.45. The van der Waals surface area contributed by atoms with Gasteiger partial charge in [0.05, 0.1) is 6.04 Å². The first kappa shape index (κ1) is 27.9. The predicted molar refractivity (Wildman–Crippen MR) is 122 cm³/mol. The zero-order valence-corrected chi connectivity index (χ0v) is 19.5. The fourth-order valence-corrected chi connectivity index (χ4v) is 3.30. The highest BCUT2D eigenvalue weighted by Gasteiger charge is 2.29. The van der Waals surface area contributed by atoms with Crippen molar-refractivity contribution in [3.63, 3.8) is 0 Å². The van der Waals surface area contributed by atoms with Crippen LogP contribution in [-0.2, 0) is 19.2 Å². The molecule has 0 aliphatic heterocycles. The van der Waals surface area contributed by atoms with Crippen LogP contribution in [0.5, 0.6) is 0 Å². The minimum absolute atomic E-state index is 0.0491. The molecule has 9 nitrogen and oxygen atoms in total. The maximum absolute atomic E-state index is 12.7. The van der Waals surface area contributed by atoms with Gasteiger partial charge in [0.25, 0.3) is 0 Å². The third-order valence-electron chi connectivity index (χ3n) is 3.92. The Hall–Kier alpha value is -1.11. The van der Waals surface area contributed by atoms with Crippen molar-refractivity contribution in [2.45, 2.75) is 50.9 Å². The minimum Gasteiger partial charge on any atom is -0.480 e. The summed E-state index contributed by atoms with van der Waals surface area (Å²) in [5, 5.41) is 16.5. The van der Waals surface area contributed by atoms with E-state index in [4.69, 9.17) is 10.8 Å². The maximum atomic E-state index is 12.7. The first-order valence-corrected chi connectivity index (χ1v) is 11.8. The molecule has 0 rings (SSSR count). The number of hydrogen-bond acceptors (Lipinski definition) is 8. The van der Waals surface area contributed by atoms with Gasteiger partial charge in [-0.25, -0.2) is 4.79 Å². The van der Waals surface area contributed by atoms with Gasteiger partial charge in [-0.05, 0) is 30.8 Å². The number of hydrogen-bond donors (Lipinski definition) is 7. The molecule has 0 fully saturated rings. The van der Waals surface area contributed by atoms with Gasteiger partial charge in [0.15, 0.2) is 0 Å². The molecule has 168 valence electrons. The topological polar surface area (TPSA) is 151 Å². The minimum atomic E-state index is -1.23. The molecule has 0 saturated carbocycles. The zero-order valence-electron chi connectivity index (χ0n) is 16.9. The van der Waals surface area contributed by atoms with E-state index < -0.39 is 47.9 Å². The van der Waals surface area contributed by atoms with Crippen molar-refractivity contribution < 1.29 is 24.3 Å². The molecule has 6 N–H and O–H groups in total. The number of carbonyl (C=O) groups excluding carboxylic acids is 3. The van der Waals surface area contributed by atoms with Crippen LogP contribution in [0.25, 0.3) is 0 Å². The molecular formula is C17H32N4O5S3. The van der Waals surface area contributed by atoms with Gasteiger partial charge in [0.1, 0.15) is 18.1 Å². The zero-order chi connectivity index (χ0) is 22.6. The van der Waals surface area contributed by atoms with Gasteiger partial charge >= 0.3 is 5.97 Å². The standard InChI is InChI=1S/C17H32N4O5S3/c1-9(2)6-10(18)14(22)19-11(4-5-29-3)15(23)20-12(7-27)16(24)21-13(8-28)17(25)26/h9-13,27-28H,4-8,18H2,1-3H3,(H,19,22)(H,20,23)(H,21,24)(H,25,26). The van der Waals surface area contributed by atoms with Crippen molar-refractivity contribution in [2.75, 3.05) is 23.5 Å². The van der Waals surface area contributed by atoms with Crippen molar-refractivity contribution in [1.29, 1.82) is 0 Å². The molecule has 0 aromatic carbocycles. The number of amides is 3. The quantitative estimate of drug-likeness (QED) is 0.170. The molecule has 0 saturated heterocycles. The van der Waals surface area contributed by atoms with Crippen molar-refractivity contribution in [3.8, 4) is 0 Å². The van der Waals surface area contributed by atoms with Crippen molar-refractivity contribution in [2.24, 2.45) is 11.7 Å². The van der Waals surface area contributed by atoms with Crippen molar-refractivity contribution in [3.05, 3.63) is 0 Å². The van der Waals surface area contributed by atoms with Gasteiger partial charge in [0.2, 0.25) is 17.7 Å². The Bertz CT molecular complexity index is 565. The lowest BCUT2D eigenvalue weighted by Crippen LogP contribution is -2.58. The highest BCUT2D eigenvalue weighted by molar-refractivity contribution is 7.98. The SMILES string of the molecule is CSCCC(NC(=O)C(N)CC(C)C)C(=O)NC(CS)C(=O)NC(CS)C(=O)O. The van der Waals surface area contributed by atoms with E-state index in [-0.39, 0.29) is 17.4 Å². The van der Waals surface area contributed by atoms with E-state index in [2.05, 4.69) is 41.2 Å². The third-order valence-corrected chi connectivity index (χ3v) is 5.29. The normalized spacial score (nSPS) is 15.1. The van der Waals surface area contributed by atoms with Crippen LogP contribution in [0.3, 0.4) is 0 Å². The number of thioether (sulfide) groups is 1. The summed E-state index contributed by atoms with van der Waals surface area (Å²) in [6.45, 7) is 3.88.